The van der Waals surface area contributed by atoms with Gasteiger partial charge in [-0.2, -0.15) is 5.10 Å². The molecule has 2 saturated heterocycles. The molecule has 0 spiro atoms. The molecule has 0 bridgehead atoms. The minimum atomic E-state index is 0.302. The summed E-state index contributed by atoms with van der Waals surface area (Å²) >= 11 is 0. The summed E-state index contributed by atoms with van der Waals surface area (Å²) in [6, 6.07) is 0. The Bertz CT molecular complexity index is 523. The van der Waals surface area contributed by atoms with Crippen LogP contribution in [0.5, 0.6) is 0 Å². The number of aromatic nitrogens is 2. The molecule has 23 heavy (non-hydrogen) atoms. The predicted molar refractivity (Wildman–Crippen MR) is 90.8 cm³/mol. The van der Waals surface area contributed by atoms with Gasteiger partial charge in [-0.05, 0) is 24.8 Å². The van der Waals surface area contributed by atoms with Crippen molar-refractivity contribution < 1.29 is 9.84 Å². The fraction of sp³-hybridized carbons (Fsp3) is 0.824. The summed E-state index contributed by atoms with van der Waals surface area (Å²) in [4.78, 5) is 4.88. The third kappa shape index (κ3) is 3.54. The van der Waals surface area contributed by atoms with Crippen LogP contribution in [0.15, 0.2) is 0 Å². The maximum Gasteiger partial charge on any atom is 0.131 e. The van der Waals surface area contributed by atoms with E-state index in [1.54, 1.807) is 0 Å². The largest absolute Gasteiger partial charge is 0.396 e. The SMILES string of the molecule is CC(C)c1nn(C)c(N2CCOCC2)c1CN1CCC(CO)C1. The maximum absolute atomic E-state index is 9.39. The van der Waals surface area contributed by atoms with Crippen LogP contribution in [-0.2, 0) is 18.3 Å². The molecule has 1 N–H and O–H groups in total. The first-order valence-electron chi connectivity index (χ1n) is 8.81. The highest BCUT2D eigenvalue weighted by Gasteiger charge is 2.28. The molecule has 130 valence electrons. The maximum atomic E-state index is 9.39. The van der Waals surface area contributed by atoms with E-state index in [-0.39, 0.29) is 0 Å². The minimum Gasteiger partial charge on any atom is -0.396 e. The number of aliphatic hydroxyl groups is 1. The van der Waals surface area contributed by atoms with Gasteiger partial charge in [-0.25, -0.2) is 0 Å². The predicted octanol–water partition coefficient (Wildman–Crippen LogP) is 1.19. The van der Waals surface area contributed by atoms with E-state index in [4.69, 9.17) is 9.84 Å². The third-order valence-electron chi connectivity index (χ3n) is 5.01. The Morgan fingerprint density at radius 1 is 1.26 bits per heavy atom. The lowest BCUT2D eigenvalue weighted by Gasteiger charge is -2.30. The lowest BCUT2D eigenvalue weighted by molar-refractivity contribution is 0.122. The van der Waals surface area contributed by atoms with Gasteiger partial charge in [0.05, 0.1) is 18.9 Å². The minimum absolute atomic E-state index is 0.302. The number of ether oxygens (including phenoxy) is 1. The van der Waals surface area contributed by atoms with Gasteiger partial charge in [0.1, 0.15) is 5.82 Å². The topological polar surface area (TPSA) is 53.8 Å². The van der Waals surface area contributed by atoms with Gasteiger partial charge < -0.3 is 14.7 Å². The highest BCUT2D eigenvalue weighted by Crippen LogP contribution is 2.31. The van der Waals surface area contributed by atoms with E-state index in [9.17, 15) is 5.11 Å². The van der Waals surface area contributed by atoms with E-state index < -0.39 is 0 Å². The number of rotatable bonds is 5. The zero-order chi connectivity index (χ0) is 16.4. The van der Waals surface area contributed by atoms with Gasteiger partial charge in [-0.3, -0.25) is 9.58 Å². The van der Waals surface area contributed by atoms with Crippen molar-refractivity contribution in [2.75, 3.05) is 50.9 Å². The molecule has 2 fully saturated rings. The lowest BCUT2D eigenvalue weighted by atomic mass is 10.0. The van der Waals surface area contributed by atoms with Crippen molar-refractivity contribution in [2.24, 2.45) is 13.0 Å². The zero-order valence-corrected chi connectivity index (χ0v) is 14.7. The van der Waals surface area contributed by atoms with Gasteiger partial charge in [-0.1, -0.05) is 13.8 Å². The fourth-order valence-electron chi connectivity index (χ4n) is 3.79. The standard InChI is InChI=1S/C17H30N4O2/c1-13(2)16-15(11-20-5-4-14(10-20)12-22)17(19(3)18-16)21-6-8-23-9-7-21/h13-14,22H,4-12H2,1-3H3. The molecule has 1 aromatic rings. The average Bonchev–Trinajstić information content (AvgIpc) is 3.13. The molecule has 0 aromatic carbocycles. The molecule has 3 rings (SSSR count). The monoisotopic (exact) mass is 322 g/mol. The smallest absolute Gasteiger partial charge is 0.131 e. The molecule has 0 amide bonds. The molecule has 0 aliphatic carbocycles. The first-order valence-corrected chi connectivity index (χ1v) is 8.81. The van der Waals surface area contributed by atoms with Crippen molar-refractivity contribution >= 4 is 5.82 Å². The third-order valence-corrected chi connectivity index (χ3v) is 5.01. The molecule has 1 unspecified atom stereocenters. The second-order valence-electron chi connectivity index (χ2n) is 7.14. The Balaban J connectivity index is 1.86. The summed E-state index contributed by atoms with van der Waals surface area (Å²) < 4.78 is 7.56. The molecule has 3 heterocycles. The Hall–Kier alpha value is -1.11. The quantitative estimate of drug-likeness (QED) is 0.883. The Labute approximate surface area is 139 Å². The van der Waals surface area contributed by atoms with Crippen molar-refractivity contribution in [3.8, 4) is 0 Å². The Morgan fingerprint density at radius 3 is 2.61 bits per heavy atom. The molecule has 1 aromatic heterocycles. The van der Waals surface area contributed by atoms with Crippen LogP contribution >= 0.6 is 0 Å². The van der Waals surface area contributed by atoms with Gasteiger partial charge in [0.15, 0.2) is 0 Å². The van der Waals surface area contributed by atoms with Gasteiger partial charge >= 0.3 is 0 Å². The summed E-state index contributed by atoms with van der Waals surface area (Å²) in [5.74, 6) is 2.10. The summed E-state index contributed by atoms with van der Waals surface area (Å²) in [6.07, 6.45) is 1.10. The van der Waals surface area contributed by atoms with Crippen LogP contribution in [-0.4, -0.2) is 65.8 Å². The second-order valence-corrected chi connectivity index (χ2v) is 7.14. The number of likely N-dealkylation sites (tertiary alicyclic amines) is 1. The summed E-state index contributed by atoms with van der Waals surface area (Å²) in [5, 5.41) is 14.2. The molecular weight excluding hydrogens is 292 g/mol. The first-order chi connectivity index (χ1) is 11.1. The van der Waals surface area contributed by atoms with Crippen molar-refractivity contribution in [1.82, 2.24) is 14.7 Å². The number of aryl methyl sites for hydroxylation is 1. The number of hydrogen-bond acceptors (Lipinski definition) is 5. The number of hydrogen-bond donors (Lipinski definition) is 1. The van der Waals surface area contributed by atoms with E-state index in [1.807, 2.05) is 0 Å². The number of anilines is 1. The lowest BCUT2D eigenvalue weighted by Crippen LogP contribution is -2.38. The van der Waals surface area contributed by atoms with Crippen LogP contribution in [0.4, 0.5) is 5.82 Å². The molecule has 2 aliphatic heterocycles. The molecular formula is C17H30N4O2. The molecule has 2 aliphatic rings. The van der Waals surface area contributed by atoms with Crippen molar-refractivity contribution in [2.45, 2.75) is 32.7 Å². The summed E-state index contributed by atoms with van der Waals surface area (Å²) in [7, 11) is 2.06. The second kappa shape index (κ2) is 7.20. The summed E-state index contributed by atoms with van der Waals surface area (Å²) in [5.41, 5.74) is 2.57. The van der Waals surface area contributed by atoms with E-state index in [0.29, 0.717) is 18.4 Å². The van der Waals surface area contributed by atoms with Gasteiger partial charge in [-0.15, -0.1) is 0 Å². The Kier molecular flexibility index (Phi) is 5.24. The van der Waals surface area contributed by atoms with Crippen LogP contribution in [0, 0.1) is 5.92 Å². The van der Waals surface area contributed by atoms with Crippen molar-refractivity contribution in [3.63, 3.8) is 0 Å². The van der Waals surface area contributed by atoms with Crippen LogP contribution in [0.3, 0.4) is 0 Å². The van der Waals surface area contributed by atoms with Crippen LogP contribution in [0.25, 0.3) is 0 Å². The van der Waals surface area contributed by atoms with Crippen molar-refractivity contribution in [3.05, 3.63) is 11.3 Å². The molecule has 6 nitrogen and oxygen atoms in total. The van der Waals surface area contributed by atoms with Gasteiger partial charge in [0.25, 0.3) is 0 Å². The highest BCUT2D eigenvalue weighted by molar-refractivity contribution is 5.51. The average molecular weight is 322 g/mol. The molecule has 0 saturated carbocycles. The zero-order valence-electron chi connectivity index (χ0n) is 14.7. The van der Waals surface area contributed by atoms with Crippen LogP contribution < -0.4 is 4.90 Å². The fourth-order valence-corrected chi connectivity index (χ4v) is 3.79. The first kappa shape index (κ1) is 16.7. The van der Waals surface area contributed by atoms with Crippen molar-refractivity contribution in [1.29, 1.82) is 0 Å². The number of aliphatic hydroxyl groups excluding tert-OH is 1. The van der Waals surface area contributed by atoms with E-state index in [2.05, 4.69) is 35.4 Å². The highest BCUT2D eigenvalue weighted by atomic mass is 16.5. The van der Waals surface area contributed by atoms with Crippen LogP contribution in [0.2, 0.25) is 0 Å². The number of nitrogens with zero attached hydrogens (tertiary/aromatic N) is 4. The normalized spacial score (nSPS) is 23.2. The molecule has 6 heteroatoms. The van der Waals surface area contributed by atoms with Gasteiger partial charge in [0.2, 0.25) is 0 Å². The summed E-state index contributed by atoms with van der Waals surface area (Å²) in [6.45, 7) is 11.2. The number of morpholine rings is 1. The van der Waals surface area contributed by atoms with Gasteiger partial charge in [0, 0.05) is 45.4 Å². The van der Waals surface area contributed by atoms with E-state index >= 15 is 0 Å². The van der Waals surface area contributed by atoms with E-state index in [1.165, 1.54) is 17.1 Å². The van der Waals surface area contributed by atoms with E-state index in [0.717, 1.165) is 52.4 Å². The van der Waals surface area contributed by atoms with Crippen LogP contribution in [0.1, 0.15) is 37.4 Å². The molecule has 0 radical (unpaired) electrons. The molecule has 1 atom stereocenters. The Morgan fingerprint density at radius 2 is 2.00 bits per heavy atom.